The number of carbonyl (C=O) groups excluding carboxylic acids is 1. The first-order valence-electron chi connectivity index (χ1n) is 6.93. The fourth-order valence-corrected chi connectivity index (χ4v) is 2.22. The number of ether oxygens (including phenoxy) is 1. The van der Waals surface area contributed by atoms with E-state index in [4.69, 9.17) is 9.26 Å². The first-order chi connectivity index (χ1) is 10.2. The molecule has 3 rings (SSSR count). The van der Waals surface area contributed by atoms with Gasteiger partial charge in [-0.05, 0) is 44.0 Å². The summed E-state index contributed by atoms with van der Waals surface area (Å²) in [5.74, 6) is 1.32. The zero-order chi connectivity index (χ0) is 14.7. The molecule has 1 aromatic carbocycles. The maximum absolute atomic E-state index is 11.9. The topological polar surface area (TPSA) is 76.4 Å². The van der Waals surface area contributed by atoms with E-state index < -0.39 is 0 Å². The Kier molecular flexibility index (Phi) is 3.87. The van der Waals surface area contributed by atoms with E-state index >= 15 is 0 Å². The van der Waals surface area contributed by atoms with Crippen LogP contribution in [0.1, 0.15) is 18.6 Å². The van der Waals surface area contributed by atoms with Crippen LogP contribution in [0.2, 0.25) is 0 Å². The minimum absolute atomic E-state index is 0.0830. The summed E-state index contributed by atoms with van der Waals surface area (Å²) in [5.41, 5.74) is 1.62. The van der Waals surface area contributed by atoms with Crippen molar-refractivity contribution in [1.29, 1.82) is 0 Å². The quantitative estimate of drug-likeness (QED) is 0.904. The van der Waals surface area contributed by atoms with Crippen molar-refractivity contribution in [3.63, 3.8) is 0 Å². The molecule has 6 heteroatoms. The Morgan fingerprint density at radius 1 is 1.29 bits per heavy atom. The Hall–Kier alpha value is -2.34. The second-order valence-corrected chi connectivity index (χ2v) is 5.02. The normalized spacial score (nSPS) is 17.7. The van der Waals surface area contributed by atoms with Gasteiger partial charge in [-0.15, -0.1) is 0 Å². The minimum atomic E-state index is -0.319. The highest BCUT2D eigenvalue weighted by Gasteiger charge is 2.23. The molecule has 2 N–H and O–H groups in total. The van der Waals surface area contributed by atoms with Crippen LogP contribution >= 0.6 is 0 Å². The molecule has 1 saturated heterocycles. The van der Waals surface area contributed by atoms with Crippen molar-refractivity contribution in [3.05, 3.63) is 36.1 Å². The number of aryl methyl sites for hydroxylation is 1. The van der Waals surface area contributed by atoms with Crippen LogP contribution in [0.4, 0.5) is 17.2 Å². The molecule has 0 spiro atoms. The molecule has 21 heavy (non-hydrogen) atoms. The molecule has 1 unspecified atom stereocenters. The highest BCUT2D eigenvalue weighted by molar-refractivity contribution is 5.94. The van der Waals surface area contributed by atoms with Gasteiger partial charge in [-0.2, -0.15) is 0 Å². The molecule has 2 aromatic rings. The van der Waals surface area contributed by atoms with Gasteiger partial charge < -0.3 is 19.9 Å². The lowest BCUT2D eigenvalue weighted by molar-refractivity contribution is -0.124. The Morgan fingerprint density at radius 2 is 2.05 bits per heavy atom. The number of nitrogens with zero attached hydrogens (tertiary/aromatic N) is 1. The van der Waals surface area contributed by atoms with E-state index in [1.54, 1.807) is 0 Å². The van der Waals surface area contributed by atoms with Gasteiger partial charge in [-0.25, -0.2) is 0 Å². The van der Waals surface area contributed by atoms with Gasteiger partial charge in [0.15, 0.2) is 5.82 Å². The van der Waals surface area contributed by atoms with Crippen LogP contribution in [0.3, 0.4) is 0 Å². The first-order valence-corrected chi connectivity index (χ1v) is 6.93. The van der Waals surface area contributed by atoms with E-state index in [9.17, 15) is 4.79 Å². The number of amides is 1. The molecule has 2 heterocycles. The molecular weight excluding hydrogens is 270 g/mol. The number of nitrogens with one attached hydrogen (secondary N) is 2. The van der Waals surface area contributed by atoms with Crippen LogP contribution < -0.4 is 10.6 Å². The summed E-state index contributed by atoms with van der Waals surface area (Å²) < 4.78 is 10.3. The molecule has 1 aliphatic heterocycles. The van der Waals surface area contributed by atoms with Gasteiger partial charge in [0.05, 0.1) is 0 Å². The third-order valence-corrected chi connectivity index (χ3v) is 3.27. The molecule has 1 atom stereocenters. The summed E-state index contributed by atoms with van der Waals surface area (Å²) in [4.78, 5) is 11.9. The summed E-state index contributed by atoms with van der Waals surface area (Å²) in [6.45, 7) is 2.50. The predicted octanol–water partition coefficient (Wildman–Crippen LogP) is 2.84. The number of aromatic nitrogens is 1. The number of anilines is 3. The third-order valence-electron chi connectivity index (χ3n) is 3.27. The maximum atomic E-state index is 11.9. The minimum Gasteiger partial charge on any atom is -0.368 e. The van der Waals surface area contributed by atoms with E-state index in [-0.39, 0.29) is 12.0 Å². The van der Waals surface area contributed by atoms with Gasteiger partial charge >= 0.3 is 0 Å². The van der Waals surface area contributed by atoms with Crippen LogP contribution in [0.5, 0.6) is 0 Å². The molecular formula is C15H17N3O3. The van der Waals surface area contributed by atoms with Gasteiger partial charge in [-0.3, -0.25) is 4.79 Å². The van der Waals surface area contributed by atoms with E-state index in [0.717, 1.165) is 30.0 Å². The number of hydrogen-bond donors (Lipinski definition) is 2. The summed E-state index contributed by atoms with van der Waals surface area (Å²) in [6, 6.07) is 9.22. The average Bonchev–Trinajstić information content (AvgIpc) is 3.13. The maximum Gasteiger partial charge on any atom is 0.253 e. The van der Waals surface area contributed by atoms with Crippen LogP contribution in [0.15, 0.2) is 34.9 Å². The Morgan fingerprint density at radius 3 is 2.67 bits per heavy atom. The zero-order valence-corrected chi connectivity index (χ0v) is 11.8. The van der Waals surface area contributed by atoms with Crippen LogP contribution in [-0.2, 0) is 9.53 Å². The van der Waals surface area contributed by atoms with Crippen LogP contribution in [-0.4, -0.2) is 23.8 Å². The summed E-state index contributed by atoms with van der Waals surface area (Å²) in [5, 5.41) is 9.83. The van der Waals surface area contributed by atoms with Gasteiger partial charge in [0, 0.05) is 24.0 Å². The van der Waals surface area contributed by atoms with E-state index in [0.29, 0.717) is 12.4 Å². The first kappa shape index (κ1) is 13.6. The Balaban J connectivity index is 1.59. The molecule has 0 bridgehead atoms. The molecule has 0 aliphatic carbocycles. The van der Waals surface area contributed by atoms with Crippen LogP contribution in [0, 0.1) is 6.92 Å². The summed E-state index contributed by atoms with van der Waals surface area (Å²) in [6.07, 6.45) is 1.41. The molecule has 0 radical (unpaired) electrons. The lowest BCUT2D eigenvalue weighted by Gasteiger charge is -2.11. The van der Waals surface area contributed by atoms with Gasteiger partial charge in [0.25, 0.3) is 5.91 Å². The van der Waals surface area contributed by atoms with E-state index in [1.165, 1.54) is 0 Å². The number of benzene rings is 1. The second-order valence-electron chi connectivity index (χ2n) is 5.02. The molecule has 1 aromatic heterocycles. The highest BCUT2D eigenvalue weighted by atomic mass is 16.5. The van der Waals surface area contributed by atoms with E-state index in [2.05, 4.69) is 15.8 Å². The average molecular weight is 287 g/mol. The predicted molar refractivity (Wildman–Crippen MR) is 78.6 cm³/mol. The second kappa shape index (κ2) is 5.97. The molecule has 1 amide bonds. The monoisotopic (exact) mass is 287 g/mol. The van der Waals surface area contributed by atoms with Crippen molar-refractivity contribution in [2.24, 2.45) is 0 Å². The molecule has 6 nitrogen and oxygen atoms in total. The van der Waals surface area contributed by atoms with Crippen molar-refractivity contribution in [1.82, 2.24) is 5.16 Å². The standard InChI is InChI=1S/C15H17N3O3/c1-10-9-14(18-21-10)16-11-4-6-12(7-5-11)17-15(19)13-3-2-8-20-13/h4-7,9,13H,2-3,8H2,1H3,(H,16,18)(H,17,19). The van der Waals surface area contributed by atoms with Crippen LogP contribution in [0.25, 0.3) is 0 Å². The van der Waals surface area contributed by atoms with Gasteiger partial charge in [-0.1, -0.05) is 5.16 Å². The molecule has 1 aliphatic rings. The molecule has 1 fully saturated rings. The summed E-state index contributed by atoms with van der Waals surface area (Å²) in [7, 11) is 0. The highest BCUT2D eigenvalue weighted by Crippen LogP contribution is 2.20. The smallest absolute Gasteiger partial charge is 0.253 e. The Labute approximate surface area is 122 Å². The Bertz CT molecular complexity index is 615. The number of hydrogen-bond acceptors (Lipinski definition) is 5. The fourth-order valence-electron chi connectivity index (χ4n) is 2.22. The van der Waals surface area contributed by atoms with Gasteiger partial charge in [0.2, 0.25) is 0 Å². The van der Waals surface area contributed by atoms with E-state index in [1.807, 2.05) is 37.3 Å². The van der Waals surface area contributed by atoms with Gasteiger partial charge in [0.1, 0.15) is 11.9 Å². The third kappa shape index (κ3) is 3.41. The van der Waals surface area contributed by atoms with Crippen molar-refractivity contribution in [3.8, 4) is 0 Å². The van der Waals surface area contributed by atoms with Crippen molar-refractivity contribution < 1.29 is 14.1 Å². The van der Waals surface area contributed by atoms with Crippen molar-refractivity contribution in [2.45, 2.75) is 25.9 Å². The lowest BCUT2D eigenvalue weighted by Crippen LogP contribution is -2.26. The summed E-state index contributed by atoms with van der Waals surface area (Å²) >= 11 is 0. The molecule has 110 valence electrons. The SMILES string of the molecule is Cc1cc(Nc2ccc(NC(=O)C3CCCO3)cc2)no1. The zero-order valence-electron chi connectivity index (χ0n) is 11.8. The molecule has 0 saturated carbocycles. The number of carbonyl (C=O) groups is 1. The number of rotatable bonds is 4. The van der Waals surface area contributed by atoms with Crippen molar-refractivity contribution in [2.75, 3.05) is 17.2 Å². The lowest BCUT2D eigenvalue weighted by atomic mass is 10.2. The fraction of sp³-hybridized carbons (Fsp3) is 0.333. The largest absolute Gasteiger partial charge is 0.368 e. The van der Waals surface area contributed by atoms with Crippen molar-refractivity contribution >= 4 is 23.1 Å².